The van der Waals surface area contributed by atoms with E-state index in [0.29, 0.717) is 15.4 Å². The number of halogens is 4. The molecular weight excluding hydrogens is 310 g/mol. The van der Waals surface area contributed by atoms with Crippen LogP contribution in [0.4, 0.5) is 14.6 Å². The summed E-state index contributed by atoms with van der Waals surface area (Å²) in [7, 11) is 0. The molecule has 72 valence electrons. The van der Waals surface area contributed by atoms with Crippen LogP contribution in [0.15, 0.2) is 10.7 Å². The van der Waals surface area contributed by atoms with Gasteiger partial charge >= 0.3 is 0 Å². The Bertz CT molecular complexity index is 318. The van der Waals surface area contributed by atoms with Gasteiger partial charge in [-0.2, -0.15) is 0 Å². The zero-order valence-corrected chi connectivity index (χ0v) is 9.57. The summed E-state index contributed by atoms with van der Waals surface area (Å²) < 4.78 is 25.2. The van der Waals surface area contributed by atoms with Crippen LogP contribution in [0.1, 0.15) is 17.6 Å². The van der Waals surface area contributed by atoms with Crippen molar-refractivity contribution in [3.05, 3.63) is 21.8 Å². The van der Waals surface area contributed by atoms with Gasteiger partial charge in [0.05, 0.1) is 5.56 Å². The molecule has 1 aromatic heterocycles. The fourth-order valence-corrected chi connectivity index (χ4v) is 2.28. The normalized spacial score (nSPS) is 10.8. The number of nitrogens with two attached hydrogens (primary N) is 1. The summed E-state index contributed by atoms with van der Waals surface area (Å²) in [5.41, 5.74) is 5.73. The predicted octanol–water partition coefficient (Wildman–Crippen LogP) is 3.26. The standard InChI is InChI=1S/C7H6Br2F2N2/c8-1-3-2-13-7(12)4(5(3)9)6(10)11/h2,6H,1H2,(H2,12,13). The molecule has 1 aromatic rings. The minimum atomic E-state index is -2.61. The third-order valence-corrected chi connectivity index (χ3v) is 3.06. The van der Waals surface area contributed by atoms with E-state index in [2.05, 4.69) is 36.8 Å². The maximum absolute atomic E-state index is 12.4. The number of aromatic nitrogens is 1. The zero-order chi connectivity index (χ0) is 10.0. The van der Waals surface area contributed by atoms with Gasteiger partial charge in [0.25, 0.3) is 6.43 Å². The number of hydrogen-bond donors (Lipinski definition) is 1. The van der Waals surface area contributed by atoms with Crippen LogP contribution >= 0.6 is 31.9 Å². The smallest absolute Gasteiger partial charge is 0.268 e. The van der Waals surface area contributed by atoms with E-state index in [-0.39, 0.29) is 11.4 Å². The molecule has 1 rings (SSSR count). The Labute approximate surface area is 90.8 Å². The topological polar surface area (TPSA) is 38.9 Å². The second kappa shape index (κ2) is 4.32. The van der Waals surface area contributed by atoms with E-state index in [0.717, 1.165) is 0 Å². The SMILES string of the molecule is Nc1ncc(CBr)c(Br)c1C(F)F. The van der Waals surface area contributed by atoms with Gasteiger partial charge in [0, 0.05) is 16.0 Å². The van der Waals surface area contributed by atoms with Crippen molar-refractivity contribution in [3.63, 3.8) is 0 Å². The van der Waals surface area contributed by atoms with Gasteiger partial charge < -0.3 is 5.73 Å². The lowest BCUT2D eigenvalue weighted by molar-refractivity contribution is 0.151. The molecule has 0 fully saturated rings. The highest BCUT2D eigenvalue weighted by atomic mass is 79.9. The Kier molecular flexibility index (Phi) is 3.61. The summed E-state index contributed by atoms with van der Waals surface area (Å²) >= 11 is 6.22. The molecule has 0 bridgehead atoms. The molecule has 2 nitrogen and oxygen atoms in total. The van der Waals surface area contributed by atoms with E-state index in [1.165, 1.54) is 6.20 Å². The lowest BCUT2D eigenvalue weighted by Crippen LogP contribution is -2.01. The first-order valence-electron chi connectivity index (χ1n) is 3.34. The molecule has 0 saturated carbocycles. The molecule has 13 heavy (non-hydrogen) atoms. The van der Waals surface area contributed by atoms with Crippen molar-refractivity contribution in [1.29, 1.82) is 0 Å². The van der Waals surface area contributed by atoms with Crippen molar-refractivity contribution in [1.82, 2.24) is 4.98 Å². The molecular formula is C7H6Br2F2N2. The number of anilines is 1. The maximum atomic E-state index is 12.4. The maximum Gasteiger partial charge on any atom is 0.268 e. The number of rotatable bonds is 2. The van der Waals surface area contributed by atoms with Crippen LogP contribution < -0.4 is 5.73 Å². The first-order valence-corrected chi connectivity index (χ1v) is 5.26. The molecule has 0 aliphatic rings. The van der Waals surface area contributed by atoms with Gasteiger partial charge in [-0.1, -0.05) is 15.9 Å². The summed E-state index contributed by atoms with van der Waals surface area (Å²) in [5, 5.41) is 0.459. The van der Waals surface area contributed by atoms with Gasteiger partial charge in [-0.25, -0.2) is 13.8 Å². The fourth-order valence-electron chi connectivity index (χ4n) is 0.860. The van der Waals surface area contributed by atoms with Gasteiger partial charge in [0.2, 0.25) is 0 Å². The number of alkyl halides is 3. The van der Waals surface area contributed by atoms with E-state index in [4.69, 9.17) is 5.73 Å². The van der Waals surface area contributed by atoms with Gasteiger partial charge in [0.15, 0.2) is 0 Å². The minimum absolute atomic E-state index is 0.133. The van der Waals surface area contributed by atoms with Gasteiger partial charge in [-0.3, -0.25) is 0 Å². The highest BCUT2D eigenvalue weighted by Crippen LogP contribution is 2.33. The van der Waals surface area contributed by atoms with E-state index in [9.17, 15) is 8.78 Å². The third kappa shape index (κ3) is 2.17. The van der Waals surface area contributed by atoms with Crippen molar-refractivity contribution in [2.24, 2.45) is 0 Å². The molecule has 0 unspecified atom stereocenters. The second-order valence-electron chi connectivity index (χ2n) is 2.33. The highest BCUT2D eigenvalue weighted by Gasteiger charge is 2.18. The number of hydrogen-bond acceptors (Lipinski definition) is 2. The zero-order valence-electron chi connectivity index (χ0n) is 6.40. The van der Waals surface area contributed by atoms with Crippen molar-refractivity contribution in [2.75, 3.05) is 5.73 Å². The molecule has 0 aliphatic carbocycles. The average molecular weight is 316 g/mol. The van der Waals surface area contributed by atoms with Crippen LogP contribution in [0, 0.1) is 0 Å². The molecule has 0 atom stereocenters. The van der Waals surface area contributed by atoms with Crippen LogP contribution in [0.2, 0.25) is 0 Å². The van der Waals surface area contributed by atoms with E-state index in [1.54, 1.807) is 0 Å². The molecule has 6 heteroatoms. The van der Waals surface area contributed by atoms with Gasteiger partial charge in [-0.05, 0) is 21.5 Å². The Morgan fingerprint density at radius 2 is 2.15 bits per heavy atom. The number of nitrogen functional groups attached to an aromatic ring is 1. The van der Waals surface area contributed by atoms with Gasteiger partial charge in [-0.15, -0.1) is 0 Å². The van der Waals surface area contributed by atoms with Gasteiger partial charge in [0.1, 0.15) is 5.82 Å². The summed E-state index contributed by atoms with van der Waals surface area (Å²) in [6, 6.07) is 0. The Hall–Kier alpha value is -0.230. The molecule has 0 radical (unpaired) electrons. The molecule has 0 spiro atoms. The average Bonchev–Trinajstić information content (AvgIpc) is 2.04. The van der Waals surface area contributed by atoms with E-state index < -0.39 is 6.43 Å². The Morgan fingerprint density at radius 3 is 2.62 bits per heavy atom. The molecule has 2 N–H and O–H groups in total. The van der Waals surface area contributed by atoms with Crippen LogP contribution in [0.5, 0.6) is 0 Å². The third-order valence-electron chi connectivity index (χ3n) is 1.52. The number of pyridine rings is 1. The number of nitrogens with zero attached hydrogens (tertiary/aromatic N) is 1. The summed E-state index contributed by atoms with van der Waals surface area (Å²) in [6.07, 6.45) is -1.15. The molecule has 0 aromatic carbocycles. The summed E-state index contributed by atoms with van der Waals surface area (Å²) in [5.74, 6) is -0.133. The summed E-state index contributed by atoms with van der Waals surface area (Å²) in [4.78, 5) is 3.67. The van der Waals surface area contributed by atoms with Crippen LogP contribution in [0.25, 0.3) is 0 Å². The van der Waals surface area contributed by atoms with Crippen LogP contribution in [-0.4, -0.2) is 4.98 Å². The first-order chi connectivity index (χ1) is 6.07. The Morgan fingerprint density at radius 1 is 1.54 bits per heavy atom. The quantitative estimate of drug-likeness (QED) is 0.851. The fraction of sp³-hybridized carbons (Fsp3) is 0.286. The largest absolute Gasteiger partial charge is 0.383 e. The molecule has 0 aliphatic heterocycles. The van der Waals surface area contributed by atoms with Crippen LogP contribution in [-0.2, 0) is 5.33 Å². The second-order valence-corrected chi connectivity index (χ2v) is 3.68. The Balaban J connectivity index is 3.30. The minimum Gasteiger partial charge on any atom is -0.383 e. The van der Waals surface area contributed by atoms with E-state index >= 15 is 0 Å². The first kappa shape index (κ1) is 10.8. The highest BCUT2D eigenvalue weighted by molar-refractivity contribution is 9.10. The monoisotopic (exact) mass is 314 g/mol. The lowest BCUT2D eigenvalue weighted by Gasteiger charge is -2.08. The van der Waals surface area contributed by atoms with Crippen molar-refractivity contribution in [2.45, 2.75) is 11.8 Å². The van der Waals surface area contributed by atoms with E-state index in [1.807, 2.05) is 0 Å². The lowest BCUT2D eigenvalue weighted by atomic mass is 10.2. The van der Waals surface area contributed by atoms with Crippen molar-refractivity contribution >= 4 is 37.7 Å². The summed E-state index contributed by atoms with van der Waals surface area (Å²) in [6.45, 7) is 0. The van der Waals surface area contributed by atoms with Crippen molar-refractivity contribution < 1.29 is 8.78 Å². The molecule has 0 amide bonds. The van der Waals surface area contributed by atoms with Crippen molar-refractivity contribution in [3.8, 4) is 0 Å². The molecule has 1 heterocycles. The van der Waals surface area contributed by atoms with Crippen LogP contribution in [0.3, 0.4) is 0 Å². The predicted molar refractivity (Wildman–Crippen MR) is 53.9 cm³/mol. The molecule has 0 saturated heterocycles.